The number of aromatic nitrogens is 2. The molecule has 2 aliphatic rings. The Morgan fingerprint density at radius 3 is 2.83 bits per heavy atom. The third kappa shape index (κ3) is 2.42. The number of nitrogens with zero attached hydrogens (tertiary/aromatic N) is 2. The molecule has 1 aromatic heterocycles. The van der Waals surface area contributed by atoms with Gasteiger partial charge in [0.1, 0.15) is 0 Å². The van der Waals surface area contributed by atoms with Crippen LogP contribution in [0.1, 0.15) is 62.2 Å². The van der Waals surface area contributed by atoms with E-state index in [-0.39, 0.29) is 12.1 Å². The molecule has 2 atom stereocenters. The van der Waals surface area contributed by atoms with Crippen molar-refractivity contribution in [3.05, 3.63) is 11.7 Å². The van der Waals surface area contributed by atoms with Gasteiger partial charge >= 0.3 is 0 Å². The second-order valence-corrected chi connectivity index (χ2v) is 5.38. The maximum atomic E-state index is 5.42. The molecule has 1 saturated heterocycles. The molecule has 2 unspecified atom stereocenters. The summed E-state index contributed by atoms with van der Waals surface area (Å²) >= 11 is 0. The van der Waals surface area contributed by atoms with Gasteiger partial charge in [-0.1, -0.05) is 24.4 Å². The molecular formula is C13H21N3O2. The highest BCUT2D eigenvalue weighted by Crippen LogP contribution is 2.32. The first-order valence-corrected chi connectivity index (χ1v) is 6.96. The van der Waals surface area contributed by atoms with Crippen molar-refractivity contribution in [1.29, 1.82) is 0 Å². The van der Waals surface area contributed by atoms with Crippen molar-refractivity contribution in [2.75, 3.05) is 13.7 Å². The van der Waals surface area contributed by atoms with E-state index in [1.807, 2.05) is 0 Å². The lowest BCUT2D eigenvalue weighted by atomic mass is 9.89. The Morgan fingerprint density at radius 2 is 2.11 bits per heavy atom. The summed E-state index contributed by atoms with van der Waals surface area (Å²) in [5.41, 5.74) is 0. The van der Waals surface area contributed by atoms with E-state index in [1.54, 1.807) is 7.11 Å². The smallest absolute Gasteiger partial charge is 0.243 e. The summed E-state index contributed by atoms with van der Waals surface area (Å²) in [7, 11) is 1.75. The molecule has 1 aliphatic heterocycles. The van der Waals surface area contributed by atoms with Crippen LogP contribution in [0.4, 0.5) is 0 Å². The molecule has 1 saturated carbocycles. The third-order valence-electron chi connectivity index (χ3n) is 4.15. The predicted molar refractivity (Wildman–Crippen MR) is 66.3 cm³/mol. The van der Waals surface area contributed by atoms with E-state index in [2.05, 4.69) is 15.5 Å². The molecule has 18 heavy (non-hydrogen) atoms. The summed E-state index contributed by atoms with van der Waals surface area (Å²) in [6.45, 7) is 0.863. The zero-order valence-corrected chi connectivity index (χ0v) is 10.9. The van der Waals surface area contributed by atoms with Crippen molar-refractivity contribution in [3.63, 3.8) is 0 Å². The number of hydrogen-bond acceptors (Lipinski definition) is 5. The van der Waals surface area contributed by atoms with Crippen LogP contribution in [0.3, 0.4) is 0 Å². The third-order valence-corrected chi connectivity index (χ3v) is 4.15. The number of ether oxygens (including phenoxy) is 1. The zero-order valence-electron chi connectivity index (χ0n) is 10.9. The van der Waals surface area contributed by atoms with E-state index >= 15 is 0 Å². The highest BCUT2D eigenvalue weighted by Gasteiger charge is 2.30. The van der Waals surface area contributed by atoms with E-state index in [1.165, 1.54) is 32.1 Å². The summed E-state index contributed by atoms with van der Waals surface area (Å²) in [6.07, 6.45) is 7.53. The van der Waals surface area contributed by atoms with Gasteiger partial charge in [-0.2, -0.15) is 4.98 Å². The summed E-state index contributed by atoms with van der Waals surface area (Å²) in [4.78, 5) is 4.59. The van der Waals surface area contributed by atoms with Crippen LogP contribution in [0.2, 0.25) is 0 Å². The van der Waals surface area contributed by atoms with Gasteiger partial charge in [-0.25, -0.2) is 0 Å². The number of rotatable bonds is 3. The fourth-order valence-corrected chi connectivity index (χ4v) is 2.99. The van der Waals surface area contributed by atoms with Crippen molar-refractivity contribution >= 4 is 0 Å². The molecule has 0 radical (unpaired) electrons. The average Bonchev–Trinajstić information content (AvgIpc) is 3.08. The molecule has 1 aliphatic carbocycles. The molecule has 2 fully saturated rings. The summed E-state index contributed by atoms with van der Waals surface area (Å²) < 4.78 is 10.7. The highest BCUT2D eigenvalue weighted by molar-refractivity contribution is 5.02. The molecule has 3 rings (SSSR count). The topological polar surface area (TPSA) is 60.2 Å². The predicted octanol–water partition coefficient (Wildman–Crippen LogP) is 2.17. The minimum absolute atomic E-state index is 0.166. The first-order chi connectivity index (χ1) is 8.86. The molecule has 5 nitrogen and oxygen atoms in total. The largest absolute Gasteiger partial charge is 0.380 e. The van der Waals surface area contributed by atoms with Crippen molar-refractivity contribution in [2.45, 2.75) is 56.6 Å². The van der Waals surface area contributed by atoms with Gasteiger partial charge < -0.3 is 14.6 Å². The van der Waals surface area contributed by atoms with Gasteiger partial charge in [0.2, 0.25) is 5.89 Å². The van der Waals surface area contributed by atoms with Gasteiger partial charge in [0.15, 0.2) is 5.82 Å². The van der Waals surface area contributed by atoms with E-state index in [4.69, 9.17) is 9.26 Å². The molecule has 5 heteroatoms. The maximum Gasteiger partial charge on any atom is 0.243 e. The molecule has 1 N–H and O–H groups in total. The highest BCUT2D eigenvalue weighted by atomic mass is 16.5. The lowest BCUT2D eigenvalue weighted by Crippen LogP contribution is -2.16. The van der Waals surface area contributed by atoms with E-state index in [0.29, 0.717) is 5.92 Å². The monoisotopic (exact) mass is 251 g/mol. The van der Waals surface area contributed by atoms with Crippen LogP contribution >= 0.6 is 0 Å². The minimum Gasteiger partial charge on any atom is -0.380 e. The lowest BCUT2D eigenvalue weighted by molar-refractivity contribution is 0.116. The van der Waals surface area contributed by atoms with Gasteiger partial charge in [-0.05, 0) is 19.3 Å². The number of methoxy groups -OCH3 is 1. The van der Waals surface area contributed by atoms with Crippen LogP contribution in [0.25, 0.3) is 0 Å². The minimum atomic E-state index is 0.166. The molecule has 100 valence electrons. The lowest BCUT2D eigenvalue weighted by Gasteiger charge is -2.17. The van der Waals surface area contributed by atoms with Crippen LogP contribution in [0.15, 0.2) is 4.52 Å². The molecular weight excluding hydrogens is 230 g/mol. The first kappa shape index (κ1) is 12.1. The van der Waals surface area contributed by atoms with Crippen LogP contribution in [0, 0.1) is 0 Å². The normalized spacial score (nSPS) is 29.8. The van der Waals surface area contributed by atoms with Gasteiger partial charge in [0.05, 0.1) is 12.1 Å². The van der Waals surface area contributed by atoms with Crippen molar-refractivity contribution < 1.29 is 9.26 Å². The van der Waals surface area contributed by atoms with E-state index < -0.39 is 0 Å². The van der Waals surface area contributed by atoms with Crippen LogP contribution in [0.5, 0.6) is 0 Å². The van der Waals surface area contributed by atoms with Crippen molar-refractivity contribution in [3.8, 4) is 0 Å². The van der Waals surface area contributed by atoms with Crippen LogP contribution < -0.4 is 5.32 Å². The molecule has 2 heterocycles. The Balaban J connectivity index is 1.66. The summed E-state index contributed by atoms with van der Waals surface area (Å²) in [5, 5.41) is 7.54. The van der Waals surface area contributed by atoms with Crippen molar-refractivity contribution in [2.24, 2.45) is 0 Å². The zero-order chi connectivity index (χ0) is 12.4. The quantitative estimate of drug-likeness (QED) is 0.892. The number of nitrogens with one attached hydrogen (secondary N) is 1. The Labute approximate surface area is 107 Å². The van der Waals surface area contributed by atoms with E-state index in [9.17, 15) is 0 Å². The summed E-state index contributed by atoms with van der Waals surface area (Å²) in [6, 6.07) is 0.166. The Bertz CT molecular complexity index is 387. The van der Waals surface area contributed by atoms with Crippen molar-refractivity contribution in [1.82, 2.24) is 15.5 Å². The van der Waals surface area contributed by atoms with Gasteiger partial charge in [-0.15, -0.1) is 0 Å². The maximum absolute atomic E-state index is 5.42. The first-order valence-electron chi connectivity index (χ1n) is 6.96. The van der Waals surface area contributed by atoms with Gasteiger partial charge in [0, 0.05) is 19.6 Å². The molecule has 0 amide bonds. The molecule has 0 aromatic carbocycles. The molecule has 0 spiro atoms. The van der Waals surface area contributed by atoms with Gasteiger partial charge in [0.25, 0.3) is 0 Å². The fraction of sp³-hybridized carbons (Fsp3) is 0.846. The Kier molecular flexibility index (Phi) is 3.61. The van der Waals surface area contributed by atoms with Crippen LogP contribution in [-0.2, 0) is 4.74 Å². The molecule has 0 bridgehead atoms. The Morgan fingerprint density at radius 1 is 1.28 bits per heavy atom. The standard InChI is InChI=1S/C13H21N3O2/c1-17-10-7-11(14-8-10)13-15-12(16-18-13)9-5-3-2-4-6-9/h9-11,14H,2-8H2,1H3. The average molecular weight is 251 g/mol. The second kappa shape index (κ2) is 5.36. The van der Waals surface area contributed by atoms with Crippen LogP contribution in [-0.4, -0.2) is 29.9 Å². The van der Waals surface area contributed by atoms with Gasteiger partial charge in [-0.3, -0.25) is 0 Å². The number of hydrogen-bond donors (Lipinski definition) is 1. The summed E-state index contributed by atoms with van der Waals surface area (Å²) in [5.74, 6) is 2.15. The fourth-order valence-electron chi connectivity index (χ4n) is 2.99. The molecule has 1 aromatic rings. The van der Waals surface area contributed by atoms with E-state index in [0.717, 1.165) is 24.7 Å². The SMILES string of the molecule is COC1CNC(c2nc(C3CCCCC3)no2)C1. The second-order valence-electron chi connectivity index (χ2n) is 5.38. The Hall–Kier alpha value is -0.940.